The maximum Gasteiger partial charge on any atom is 0.432 e. The predicted molar refractivity (Wildman–Crippen MR) is 127 cm³/mol. The molecule has 0 spiro atoms. The zero-order chi connectivity index (χ0) is 28.2. The largest absolute Gasteiger partial charge is 0.456 e. The van der Waals surface area contributed by atoms with Gasteiger partial charge >= 0.3 is 12.2 Å². The monoisotopic (exact) mass is 562 g/mol. The summed E-state index contributed by atoms with van der Waals surface area (Å²) in [5.41, 5.74) is -1.32. The number of rotatable bonds is 9. The quantitative estimate of drug-likeness (QED) is 0.229. The van der Waals surface area contributed by atoms with Crippen molar-refractivity contribution >= 4 is 0 Å². The molecule has 1 aliphatic carbocycles. The molecule has 2 fully saturated rings. The van der Waals surface area contributed by atoms with Gasteiger partial charge in [0.15, 0.2) is 17.8 Å². The Balaban J connectivity index is 1.39. The van der Waals surface area contributed by atoms with E-state index in [1.165, 1.54) is 0 Å². The first kappa shape index (κ1) is 29.2. The van der Waals surface area contributed by atoms with E-state index in [9.17, 15) is 30.7 Å². The van der Waals surface area contributed by atoms with Gasteiger partial charge in [0, 0.05) is 19.1 Å². The fraction of sp³-hybridized carbons (Fsp3) is 0.500. The first-order valence-corrected chi connectivity index (χ1v) is 12.7. The summed E-state index contributed by atoms with van der Waals surface area (Å²) in [6.07, 6.45) is -1.77. The van der Waals surface area contributed by atoms with E-state index in [0.29, 0.717) is 44.0 Å². The van der Waals surface area contributed by atoms with Gasteiger partial charge in [-0.1, -0.05) is 0 Å². The molecule has 2 aromatic rings. The molecule has 11 heteroatoms. The Kier molecular flexibility index (Phi) is 9.43. The van der Waals surface area contributed by atoms with Gasteiger partial charge in [-0.25, -0.2) is 13.2 Å². The number of halogens is 7. The normalized spacial score (nSPS) is 23.8. The first-order valence-electron chi connectivity index (χ1n) is 12.7. The molecule has 1 saturated carbocycles. The molecule has 4 nitrogen and oxygen atoms in total. The van der Waals surface area contributed by atoms with Crippen LogP contribution in [-0.2, 0) is 15.6 Å². The Morgan fingerprint density at radius 3 is 2.21 bits per heavy atom. The lowest BCUT2D eigenvalue weighted by Crippen LogP contribution is -2.35. The third-order valence-electron chi connectivity index (χ3n) is 7.36. The number of alkyl halides is 2. The lowest BCUT2D eigenvalue weighted by atomic mass is 9.75. The van der Waals surface area contributed by atoms with Gasteiger partial charge in [0.1, 0.15) is 22.9 Å². The second-order valence-electron chi connectivity index (χ2n) is 9.98. The third kappa shape index (κ3) is 7.25. The Labute approximate surface area is 221 Å². The number of methoxy groups -OCH3 is 1. The van der Waals surface area contributed by atoms with Crippen molar-refractivity contribution in [2.45, 2.75) is 56.7 Å². The summed E-state index contributed by atoms with van der Waals surface area (Å²) in [6, 6.07) is 3.78. The molecule has 0 bridgehead atoms. The van der Waals surface area contributed by atoms with Crippen molar-refractivity contribution in [2.75, 3.05) is 20.3 Å². The predicted octanol–water partition coefficient (Wildman–Crippen LogP) is 8.06. The van der Waals surface area contributed by atoms with Gasteiger partial charge < -0.3 is 18.9 Å². The lowest BCUT2D eigenvalue weighted by molar-refractivity contribution is -0.189. The third-order valence-corrected chi connectivity index (χ3v) is 7.36. The van der Waals surface area contributed by atoms with Crippen LogP contribution >= 0.6 is 0 Å². The van der Waals surface area contributed by atoms with Gasteiger partial charge in [0.25, 0.3) is 0 Å². The van der Waals surface area contributed by atoms with Gasteiger partial charge in [-0.2, -0.15) is 17.6 Å². The highest BCUT2D eigenvalue weighted by atomic mass is 19.3. The number of ether oxygens (including phenoxy) is 4. The highest BCUT2D eigenvalue weighted by Gasteiger charge is 2.42. The molecule has 2 aliphatic rings. The molecule has 0 N–H and O–H groups in total. The molecular weight excluding hydrogens is 533 g/mol. The number of benzene rings is 2. The molecule has 0 amide bonds. The minimum atomic E-state index is -4.48. The summed E-state index contributed by atoms with van der Waals surface area (Å²) in [7, 11) is 1.66. The van der Waals surface area contributed by atoms with Gasteiger partial charge in [0.05, 0.1) is 19.3 Å². The van der Waals surface area contributed by atoms with E-state index in [1.807, 2.05) is 0 Å². The van der Waals surface area contributed by atoms with Crippen LogP contribution in [0.2, 0.25) is 0 Å². The molecule has 2 atom stereocenters. The average Bonchev–Trinajstić information content (AvgIpc) is 2.88. The van der Waals surface area contributed by atoms with Gasteiger partial charge in [-0.15, -0.1) is 0 Å². The zero-order valence-corrected chi connectivity index (χ0v) is 21.2. The van der Waals surface area contributed by atoms with Crippen LogP contribution < -0.4 is 9.47 Å². The minimum absolute atomic E-state index is 0.0332. The van der Waals surface area contributed by atoms with Crippen LogP contribution in [0.5, 0.6) is 11.5 Å². The average molecular weight is 563 g/mol. The Morgan fingerprint density at radius 1 is 0.949 bits per heavy atom. The van der Waals surface area contributed by atoms with E-state index in [-0.39, 0.29) is 23.8 Å². The molecule has 2 aromatic carbocycles. The van der Waals surface area contributed by atoms with E-state index < -0.39 is 46.7 Å². The summed E-state index contributed by atoms with van der Waals surface area (Å²) in [6.45, 7) is 1.31. The zero-order valence-electron chi connectivity index (χ0n) is 21.2. The lowest BCUT2D eigenvalue weighted by Gasteiger charge is -2.38. The molecule has 2 unspecified atom stereocenters. The second-order valence-corrected chi connectivity index (χ2v) is 9.98. The van der Waals surface area contributed by atoms with E-state index in [1.54, 1.807) is 7.11 Å². The van der Waals surface area contributed by atoms with Crippen molar-refractivity contribution in [2.24, 2.45) is 11.8 Å². The molecule has 1 heterocycles. The first-order chi connectivity index (χ1) is 18.6. The van der Waals surface area contributed by atoms with E-state index >= 15 is 0 Å². The number of hydrogen-bond donors (Lipinski definition) is 0. The van der Waals surface area contributed by atoms with Crippen molar-refractivity contribution in [3.05, 3.63) is 71.3 Å². The maximum absolute atomic E-state index is 14.8. The molecule has 214 valence electrons. The summed E-state index contributed by atoms with van der Waals surface area (Å²) >= 11 is 0. The Hall–Kier alpha value is -2.79. The fourth-order valence-electron chi connectivity index (χ4n) is 5.44. The van der Waals surface area contributed by atoms with Crippen LogP contribution in [0.25, 0.3) is 0 Å². The summed E-state index contributed by atoms with van der Waals surface area (Å²) in [5, 5.41) is 0. The van der Waals surface area contributed by atoms with E-state index in [0.717, 1.165) is 49.9 Å². The summed E-state index contributed by atoms with van der Waals surface area (Å²) in [5.74, 6) is -5.20. The topological polar surface area (TPSA) is 36.9 Å². The highest BCUT2D eigenvalue weighted by molar-refractivity contribution is 5.36. The smallest absolute Gasteiger partial charge is 0.432 e. The van der Waals surface area contributed by atoms with E-state index in [4.69, 9.17) is 9.47 Å². The van der Waals surface area contributed by atoms with Crippen molar-refractivity contribution in [1.82, 2.24) is 0 Å². The van der Waals surface area contributed by atoms with Crippen LogP contribution in [-0.4, -0.2) is 26.4 Å². The molecule has 1 saturated heterocycles. The SMILES string of the molecule is COCC1CCC(C2CCC(c3cc(F)c(C(F)(F)Oc4ccc(OC=C(F)F)c(F)c4)c(F)c3)CC2)OC1. The fourth-order valence-corrected chi connectivity index (χ4v) is 5.44. The van der Waals surface area contributed by atoms with Crippen LogP contribution in [0.1, 0.15) is 55.6 Å². The van der Waals surface area contributed by atoms with Crippen LogP contribution in [0.3, 0.4) is 0 Å². The van der Waals surface area contributed by atoms with Crippen molar-refractivity contribution in [3.63, 3.8) is 0 Å². The molecule has 0 aromatic heterocycles. The van der Waals surface area contributed by atoms with Crippen molar-refractivity contribution in [1.29, 1.82) is 0 Å². The molecule has 1 aliphatic heterocycles. The van der Waals surface area contributed by atoms with Crippen LogP contribution in [0.15, 0.2) is 42.7 Å². The Morgan fingerprint density at radius 2 is 1.64 bits per heavy atom. The molecule has 39 heavy (non-hydrogen) atoms. The Bertz CT molecular complexity index is 1130. The summed E-state index contributed by atoms with van der Waals surface area (Å²) < 4.78 is 117. The standard InChI is InChI=1S/C28H29F7O4/c1-36-13-16-2-8-24(37-14-16)18-5-3-17(4-6-18)19-10-22(30)27(23(31)11-19)28(34,35)39-20-7-9-25(21(29)12-20)38-15-26(32)33/h7,9-12,15-18,24H,2-6,8,13-14H2,1H3. The van der Waals surface area contributed by atoms with Crippen LogP contribution in [0.4, 0.5) is 30.7 Å². The van der Waals surface area contributed by atoms with E-state index in [2.05, 4.69) is 9.47 Å². The van der Waals surface area contributed by atoms with Gasteiger partial charge in [-0.3, -0.25) is 0 Å². The highest BCUT2D eigenvalue weighted by Crippen LogP contribution is 2.42. The maximum atomic E-state index is 14.8. The second kappa shape index (κ2) is 12.6. The van der Waals surface area contributed by atoms with Gasteiger partial charge in [0.2, 0.25) is 0 Å². The minimum Gasteiger partial charge on any atom is -0.456 e. The molecule has 0 radical (unpaired) electrons. The van der Waals surface area contributed by atoms with Crippen molar-refractivity contribution < 1.29 is 49.7 Å². The number of hydrogen-bond acceptors (Lipinski definition) is 4. The van der Waals surface area contributed by atoms with Crippen molar-refractivity contribution in [3.8, 4) is 11.5 Å². The van der Waals surface area contributed by atoms with Crippen LogP contribution in [0, 0.1) is 29.3 Å². The molecular formula is C28H29F7O4. The van der Waals surface area contributed by atoms with Gasteiger partial charge in [-0.05, 0) is 80.2 Å². The summed E-state index contributed by atoms with van der Waals surface area (Å²) in [4.78, 5) is 0. The molecule has 4 rings (SSSR count).